The second-order valence-electron chi connectivity index (χ2n) is 5.52. The van der Waals surface area contributed by atoms with E-state index in [9.17, 15) is 0 Å². The van der Waals surface area contributed by atoms with Gasteiger partial charge < -0.3 is 0 Å². The molecule has 0 amide bonds. The van der Waals surface area contributed by atoms with E-state index in [1.165, 1.54) is 22.5 Å². The summed E-state index contributed by atoms with van der Waals surface area (Å²) in [6.45, 7) is 6.26. The molecule has 0 saturated heterocycles. The van der Waals surface area contributed by atoms with E-state index in [0.29, 0.717) is 0 Å². The van der Waals surface area contributed by atoms with Gasteiger partial charge in [0, 0.05) is 50.5 Å². The third-order valence-electron chi connectivity index (χ3n) is 4.01. The Hall–Kier alpha value is -2.55. The fourth-order valence-corrected chi connectivity index (χ4v) is 2.70. The topological polar surface area (TPSA) is 20.6 Å². The van der Waals surface area contributed by atoms with Crippen LogP contribution < -0.4 is 9.13 Å². The number of aromatic nitrogens is 3. The first-order chi connectivity index (χ1) is 10.7. The monoisotopic (exact) mass is 291 g/mol. The number of rotatable bonds is 4. The van der Waals surface area contributed by atoms with E-state index in [4.69, 9.17) is 0 Å². The molecule has 0 atom stereocenters. The molecular weight excluding hydrogens is 270 g/mol. The van der Waals surface area contributed by atoms with E-state index < -0.39 is 0 Å². The van der Waals surface area contributed by atoms with E-state index in [1.54, 1.807) is 0 Å². The van der Waals surface area contributed by atoms with Crippen molar-refractivity contribution in [2.24, 2.45) is 0 Å². The number of aryl methyl sites for hydroxylation is 3. The number of pyridine rings is 3. The Morgan fingerprint density at radius 3 is 2.00 bits per heavy atom. The fraction of sp³-hybridized carbons (Fsp3) is 0.211. The normalized spacial score (nSPS) is 10.6. The highest BCUT2D eigenvalue weighted by Gasteiger charge is 2.12. The summed E-state index contributed by atoms with van der Waals surface area (Å²) in [6.07, 6.45) is 7.94. The first kappa shape index (κ1) is 14.4. The number of hydrogen-bond donors (Lipinski definition) is 0. The third-order valence-corrected chi connectivity index (χ3v) is 4.01. The first-order valence-electron chi connectivity index (χ1n) is 7.59. The van der Waals surface area contributed by atoms with Crippen molar-refractivity contribution in [1.29, 1.82) is 0 Å². The highest BCUT2D eigenvalue weighted by molar-refractivity contribution is 5.61. The van der Waals surface area contributed by atoms with Crippen LogP contribution >= 0.6 is 0 Å². The average Bonchev–Trinajstić information content (AvgIpc) is 2.56. The Kier molecular flexibility index (Phi) is 4.24. The van der Waals surface area contributed by atoms with Crippen LogP contribution in [0.3, 0.4) is 0 Å². The van der Waals surface area contributed by atoms with Crippen LogP contribution in [0.1, 0.15) is 11.4 Å². The molecule has 0 N–H and O–H groups in total. The zero-order valence-corrected chi connectivity index (χ0v) is 13.1. The maximum Gasteiger partial charge on any atom is 0.207 e. The van der Waals surface area contributed by atoms with Crippen LogP contribution in [0.4, 0.5) is 0 Å². The molecule has 110 valence electrons. The van der Waals surface area contributed by atoms with E-state index >= 15 is 0 Å². The van der Waals surface area contributed by atoms with Crippen molar-refractivity contribution < 1.29 is 9.13 Å². The quantitative estimate of drug-likeness (QED) is 0.677. The van der Waals surface area contributed by atoms with E-state index in [1.807, 2.05) is 24.5 Å². The van der Waals surface area contributed by atoms with Gasteiger partial charge in [-0.25, -0.2) is 0 Å². The van der Waals surface area contributed by atoms with Gasteiger partial charge in [0.1, 0.15) is 0 Å². The number of hydrogen-bond acceptors (Lipinski definition) is 1. The second kappa shape index (κ2) is 6.48. The summed E-state index contributed by atoms with van der Waals surface area (Å²) in [5.41, 5.74) is 5.02. The largest absolute Gasteiger partial charge is 0.265 e. The molecule has 0 bridgehead atoms. The van der Waals surface area contributed by atoms with E-state index in [2.05, 4.69) is 70.7 Å². The van der Waals surface area contributed by atoms with Gasteiger partial charge in [0.15, 0.2) is 23.8 Å². The molecule has 3 nitrogen and oxygen atoms in total. The van der Waals surface area contributed by atoms with Gasteiger partial charge in [-0.2, -0.15) is 9.13 Å². The SMILES string of the molecule is Cc1cccc(C)[n+]1CC[n+]1ccc(-c2ccncc2)cc1. The molecule has 3 rings (SSSR count). The minimum Gasteiger partial charge on any atom is -0.265 e. The molecule has 3 heteroatoms. The van der Waals surface area contributed by atoms with Crippen molar-refractivity contribution in [3.05, 3.63) is 78.6 Å². The fourth-order valence-electron chi connectivity index (χ4n) is 2.70. The summed E-state index contributed by atoms with van der Waals surface area (Å²) in [4.78, 5) is 4.06. The molecule has 0 aliphatic heterocycles. The van der Waals surface area contributed by atoms with E-state index in [0.717, 1.165) is 13.1 Å². The molecule has 0 aliphatic carbocycles. The Balaban J connectivity index is 1.72. The van der Waals surface area contributed by atoms with Crippen molar-refractivity contribution in [3.63, 3.8) is 0 Å². The lowest BCUT2D eigenvalue weighted by Gasteiger charge is -2.03. The van der Waals surface area contributed by atoms with Crippen LogP contribution in [0.5, 0.6) is 0 Å². The molecule has 3 aromatic heterocycles. The summed E-state index contributed by atoms with van der Waals surface area (Å²) < 4.78 is 4.58. The molecule has 0 aliphatic rings. The van der Waals surface area contributed by atoms with E-state index in [-0.39, 0.29) is 0 Å². The molecule has 0 saturated carbocycles. The minimum atomic E-state index is 0.965. The lowest BCUT2D eigenvalue weighted by atomic mass is 10.1. The van der Waals surface area contributed by atoms with Crippen LogP contribution in [0.2, 0.25) is 0 Å². The molecular formula is C19H21N3+2. The lowest BCUT2D eigenvalue weighted by molar-refractivity contribution is -0.783. The molecule has 22 heavy (non-hydrogen) atoms. The average molecular weight is 291 g/mol. The van der Waals surface area contributed by atoms with Crippen molar-refractivity contribution in [2.45, 2.75) is 26.9 Å². The molecule has 0 unspecified atom stereocenters. The summed E-state index contributed by atoms with van der Waals surface area (Å²) in [5.74, 6) is 0. The molecule has 0 radical (unpaired) electrons. The zero-order valence-electron chi connectivity index (χ0n) is 13.1. The summed E-state index contributed by atoms with van der Waals surface area (Å²) in [7, 11) is 0. The van der Waals surface area contributed by atoms with Crippen molar-refractivity contribution in [2.75, 3.05) is 0 Å². The summed E-state index contributed by atoms with van der Waals surface area (Å²) in [6, 6.07) is 14.8. The van der Waals surface area contributed by atoms with Gasteiger partial charge in [0.2, 0.25) is 13.1 Å². The van der Waals surface area contributed by atoms with Crippen LogP contribution in [-0.2, 0) is 13.1 Å². The maximum absolute atomic E-state index is 4.06. The smallest absolute Gasteiger partial charge is 0.207 e. The van der Waals surface area contributed by atoms with Crippen molar-refractivity contribution in [3.8, 4) is 11.1 Å². The highest BCUT2D eigenvalue weighted by Crippen LogP contribution is 2.15. The van der Waals surface area contributed by atoms with Crippen LogP contribution in [-0.4, -0.2) is 4.98 Å². The Bertz CT molecular complexity index is 729. The summed E-state index contributed by atoms with van der Waals surface area (Å²) in [5, 5.41) is 0. The molecule has 0 aromatic carbocycles. The van der Waals surface area contributed by atoms with Gasteiger partial charge in [0.25, 0.3) is 0 Å². The first-order valence-corrected chi connectivity index (χ1v) is 7.59. The van der Waals surface area contributed by atoms with Crippen LogP contribution in [0.15, 0.2) is 67.3 Å². The van der Waals surface area contributed by atoms with Gasteiger partial charge in [-0.05, 0) is 29.3 Å². The Morgan fingerprint density at radius 1 is 0.773 bits per heavy atom. The zero-order chi connectivity index (χ0) is 15.4. The Morgan fingerprint density at radius 2 is 1.36 bits per heavy atom. The minimum absolute atomic E-state index is 0.965. The maximum atomic E-state index is 4.06. The predicted octanol–water partition coefficient (Wildman–Crippen LogP) is 2.64. The van der Waals surface area contributed by atoms with Crippen molar-refractivity contribution >= 4 is 0 Å². The highest BCUT2D eigenvalue weighted by atomic mass is 15.0. The van der Waals surface area contributed by atoms with Gasteiger partial charge >= 0.3 is 0 Å². The standard InChI is InChI=1S/C19H21N3/c1-16-4-3-5-17(2)22(16)15-14-21-12-8-19(9-13-21)18-6-10-20-11-7-18/h3-13H,14-15H2,1-2H3/q+2. The predicted molar refractivity (Wildman–Crippen MR) is 86.0 cm³/mol. The molecule has 0 spiro atoms. The van der Waals surface area contributed by atoms with Crippen molar-refractivity contribution in [1.82, 2.24) is 4.98 Å². The van der Waals surface area contributed by atoms with Gasteiger partial charge in [0.05, 0.1) is 0 Å². The lowest BCUT2D eigenvalue weighted by Crippen LogP contribution is -2.47. The van der Waals surface area contributed by atoms with Gasteiger partial charge in [-0.1, -0.05) is 0 Å². The number of nitrogens with zero attached hydrogens (tertiary/aromatic N) is 3. The second-order valence-corrected chi connectivity index (χ2v) is 5.52. The summed E-state index contributed by atoms with van der Waals surface area (Å²) >= 11 is 0. The molecule has 0 fully saturated rings. The van der Waals surface area contributed by atoms with Gasteiger partial charge in [-0.15, -0.1) is 0 Å². The van der Waals surface area contributed by atoms with Gasteiger partial charge in [-0.3, -0.25) is 4.98 Å². The molecule has 3 heterocycles. The Labute approximate surface area is 131 Å². The van der Waals surface area contributed by atoms with Crippen LogP contribution in [0, 0.1) is 13.8 Å². The third kappa shape index (κ3) is 3.19. The molecule has 3 aromatic rings. The van der Waals surface area contributed by atoms with Crippen LogP contribution in [0.25, 0.3) is 11.1 Å².